The molecule has 4 aromatic rings. The Morgan fingerprint density at radius 2 is 1.83 bits per heavy atom. The van der Waals surface area contributed by atoms with E-state index in [1.165, 1.54) is 38.1 Å². The maximum absolute atomic E-state index is 13.0. The highest BCUT2D eigenvalue weighted by atomic mass is 19.4. The van der Waals surface area contributed by atoms with Crippen LogP contribution >= 0.6 is 0 Å². The SMILES string of the molecule is Cc1cc(NC(=O)c2cccc(C(F)(F)F)c2)ccc1Oc1ncccc1-c1ccnc(NCCCN2CCCC2)n1. The number of likely N-dealkylation sites (tertiary alicyclic amines) is 1. The summed E-state index contributed by atoms with van der Waals surface area (Å²) in [6, 6.07) is 14.7. The molecule has 1 saturated heterocycles. The van der Waals surface area contributed by atoms with Crippen LogP contribution < -0.4 is 15.4 Å². The number of carbonyl (C=O) groups is 1. The fraction of sp³-hybridized carbons (Fsp3) is 0.290. The predicted molar refractivity (Wildman–Crippen MR) is 155 cm³/mol. The first-order valence-corrected chi connectivity index (χ1v) is 13.8. The molecule has 218 valence electrons. The lowest BCUT2D eigenvalue weighted by molar-refractivity contribution is -0.137. The molecule has 0 atom stereocenters. The number of halogens is 3. The number of hydrogen-bond donors (Lipinski definition) is 2. The summed E-state index contributed by atoms with van der Waals surface area (Å²) in [6.07, 6.45) is 2.33. The van der Waals surface area contributed by atoms with Gasteiger partial charge in [0.2, 0.25) is 11.8 Å². The molecule has 8 nitrogen and oxygen atoms in total. The van der Waals surface area contributed by atoms with E-state index in [-0.39, 0.29) is 5.56 Å². The molecular formula is C31H31F3N6O2. The van der Waals surface area contributed by atoms with Crippen molar-refractivity contribution in [1.82, 2.24) is 19.9 Å². The molecule has 2 aromatic heterocycles. The number of ether oxygens (including phenoxy) is 1. The number of rotatable bonds is 10. The highest BCUT2D eigenvalue weighted by Gasteiger charge is 2.31. The van der Waals surface area contributed by atoms with Gasteiger partial charge in [0.1, 0.15) is 5.75 Å². The van der Waals surface area contributed by atoms with Gasteiger partial charge in [-0.15, -0.1) is 0 Å². The van der Waals surface area contributed by atoms with E-state index in [0.717, 1.165) is 31.6 Å². The Morgan fingerprint density at radius 1 is 1.00 bits per heavy atom. The third-order valence-electron chi connectivity index (χ3n) is 6.93. The van der Waals surface area contributed by atoms with Crippen molar-refractivity contribution in [3.05, 3.63) is 89.7 Å². The van der Waals surface area contributed by atoms with E-state index < -0.39 is 17.6 Å². The van der Waals surface area contributed by atoms with E-state index in [1.54, 1.807) is 49.6 Å². The maximum atomic E-state index is 13.0. The Hall–Kier alpha value is -4.51. The lowest BCUT2D eigenvalue weighted by atomic mass is 10.1. The number of nitrogens with zero attached hydrogens (tertiary/aromatic N) is 4. The van der Waals surface area contributed by atoms with Crippen LogP contribution in [0.5, 0.6) is 11.6 Å². The molecule has 1 aliphatic rings. The molecule has 1 amide bonds. The van der Waals surface area contributed by atoms with E-state index >= 15 is 0 Å². The van der Waals surface area contributed by atoms with Crippen LogP contribution in [0.2, 0.25) is 0 Å². The number of benzene rings is 2. The molecule has 1 fully saturated rings. The lowest BCUT2D eigenvalue weighted by Crippen LogP contribution is -2.22. The average Bonchev–Trinajstić information content (AvgIpc) is 3.50. The molecule has 2 aromatic carbocycles. The Labute approximate surface area is 242 Å². The van der Waals surface area contributed by atoms with Crippen molar-refractivity contribution in [2.24, 2.45) is 0 Å². The van der Waals surface area contributed by atoms with Gasteiger partial charge in [0, 0.05) is 30.2 Å². The zero-order valence-corrected chi connectivity index (χ0v) is 23.1. The molecule has 0 radical (unpaired) electrons. The Morgan fingerprint density at radius 3 is 2.62 bits per heavy atom. The number of amides is 1. The number of carbonyl (C=O) groups excluding carboxylic acids is 1. The molecule has 0 saturated carbocycles. The molecule has 5 rings (SSSR count). The van der Waals surface area contributed by atoms with Gasteiger partial charge in [-0.25, -0.2) is 15.0 Å². The summed E-state index contributed by atoms with van der Waals surface area (Å²) >= 11 is 0. The quantitative estimate of drug-likeness (QED) is 0.201. The number of hydrogen-bond acceptors (Lipinski definition) is 7. The van der Waals surface area contributed by atoms with E-state index in [0.29, 0.717) is 40.1 Å². The van der Waals surface area contributed by atoms with Crippen LogP contribution in [0.25, 0.3) is 11.3 Å². The lowest BCUT2D eigenvalue weighted by Gasteiger charge is -2.15. The minimum Gasteiger partial charge on any atom is -0.438 e. The summed E-state index contributed by atoms with van der Waals surface area (Å²) in [5, 5.41) is 5.95. The normalized spacial score (nSPS) is 13.6. The molecular weight excluding hydrogens is 545 g/mol. The third-order valence-corrected chi connectivity index (χ3v) is 6.93. The second-order valence-corrected chi connectivity index (χ2v) is 10.1. The number of aromatic nitrogens is 3. The van der Waals surface area contributed by atoms with Crippen LogP contribution in [0, 0.1) is 6.92 Å². The topological polar surface area (TPSA) is 92.3 Å². The van der Waals surface area contributed by atoms with Crippen molar-refractivity contribution in [3.8, 4) is 22.9 Å². The Bertz CT molecular complexity index is 1540. The van der Waals surface area contributed by atoms with Gasteiger partial charge < -0.3 is 20.3 Å². The Balaban J connectivity index is 1.25. The van der Waals surface area contributed by atoms with Crippen LogP contribution in [-0.2, 0) is 6.18 Å². The van der Waals surface area contributed by atoms with Gasteiger partial charge in [0.05, 0.1) is 16.8 Å². The zero-order chi connectivity index (χ0) is 29.5. The summed E-state index contributed by atoms with van der Waals surface area (Å²) < 4.78 is 45.3. The van der Waals surface area contributed by atoms with Crippen LogP contribution in [-0.4, -0.2) is 51.9 Å². The number of anilines is 2. The third kappa shape index (κ3) is 7.41. The van der Waals surface area contributed by atoms with E-state index in [1.807, 2.05) is 6.07 Å². The molecule has 2 N–H and O–H groups in total. The number of aryl methyl sites for hydroxylation is 1. The van der Waals surface area contributed by atoms with Crippen LogP contribution in [0.3, 0.4) is 0 Å². The van der Waals surface area contributed by atoms with E-state index in [2.05, 4.69) is 30.5 Å². The van der Waals surface area contributed by atoms with Gasteiger partial charge in [-0.3, -0.25) is 4.79 Å². The van der Waals surface area contributed by atoms with E-state index in [4.69, 9.17) is 4.74 Å². The number of nitrogens with one attached hydrogen (secondary N) is 2. The van der Waals surface area contributed by atoms with Crippen LogP contribution in [0.4, 0.5) is 24.8 Å². The molecule has 1 aliphatic heterocycles. The largest absolute Gasteiger partial charge is 0.438 e. The summed E-state index contributed by atoms with van der Waals surface area (Å²) in [6.45, 7) is 5.97. The highest BCUT2D eigenvalue weighted by molar-refractivity contribution is 6.04. The van der Waals surface area contributed by atoms with E-state index in [9.17, 15) is 18.0 Å². The monoisotopic (exact) mass is 576 g/mol. The van der Waals surface area contributed by atoms with Crippen molar-refractivity contribution in [1.29, 1.82) is 0 Å². The average molecular weight is 577 g/mol. The van der Waals surface area contributed by atoms with Crippen molar-refractivity contribution in [3.63, 3.8) is 0 Å². The molecule has 0 bridgehead atoms. The summed E-state index contributed by atoms with van der Waals surface area (Å²) in [5.41, 5.74) is 1.46. The predicted octanol–water partition coefficient (Wildman–Crippen LogP) is 6.81. The van der Waals surface area contributed by atoms with Crippen molar-refractivity contribution < 1.29 is 22.7 Å². The van der Waals surface area contributed by atoms with Gasteiger partial charge >= 0.3 is 6.18 Å². The second kappa shape index (κ2) is 13.0. The number of alkyl halides is 3. The second-order valence-electron chi connectivity index (χ2n) is 10.1. The molecule has 3 heterocycles. The van der Waals surface area contributed by atoms with Gasteiger partial charge in [0.25, 0.3) is 5.91 Å². The van der Waals surface area contributed by atoms with Gasteiger partial charge in [-0.2, -0.15) is 13.2 Å². The van der Waals surface area contributed by atoms with Gasteiger partial charge in [-0.05, 0) is 106 Å². The summed E-state index contributed by atoms with van der Waals surface area (Å²) in [5.74, 6) is 0.729. The minimum atomic E-state index is -4.53. The zero-order valence-electron chi connectivity index (χ0n) is 23.1. The standard InChI is InChI=1S/C31H31F3N6O2/c1-21-19-24(38-28(41)22-7-4-8-23(20-22)31(32,33)34)10-11-27(21)42-29-25(9-5-13-35-29)26-12-15-37-30(39-26)36-14-6-18-40-16-2-3-17-40/h4-5,7-13,15,19-20H,2-3,6,14,16-18H2,1H3,(H,38,41)(H,36,37,39). The minimum absolute atomic E-state index is 0.0915. The molecule has 0 unspecified atom stereocenters. The summed E-state index contributed by atoms with van der Waals surface area (Å²) in [7, 11) is 0. The fourth-order valence-electron chi connectivity index (χ4n) is 4.76. The first-order chi connectivity index (χ1) is 20.3. The molecule has 42 heavy (non-hydrogen) atoms. The molecule has 0 spiro atoms. The van der Waals surface area contributed by atoms with Crippen molar-refractivity contribution in [2.45, 2.75) is 32.4 Å². The number of pyridine rings is 1. The Kier molecular flexibility index (Phi) is 8.97. The summed E-state index contributed by atoms with van der Waals surface area (Å²) in [4.78, 5) is 28.5. The molecule has 0 aliphatic carbocycles. The van der Waals surface area contributed by atoms with Gasteiger partial charge in [0.15, 0.2) is 0 Å². The van der Waals surface area contributed by atoms with Crippen LogP contribution in [0.15, 0.2) is 73.1 Å². The molecule has 11 heteroatoms. The smallest absolute Gasteiger partial charge is 0.416 e. The fourth-order valence-corrected chi connectivity index (χ4v) is 4.76. The first kappa shape index (κ1) is 29.0. The highest BCUT2D eigenvalue weighted by Crippen LogP contribution is 2.33. The maximum Gasteiger partial charge on any atom is 0.416 e. The van der Waals surface area contributed by atoms with Crippen molar-refractivity contribution >= 4 is 17.5 Å². The van der Waals surface area contributed by atoms with Crippen molar-refractivity contribution in [2.75, 3.05) is 36.8 Å². The van der Waals surface area contributed by atoms with Gasteiger partial charge in [-0.1, -0.05) is 6.07 Å². The van der Waals surface area contributed by atoms with Crippen LogP contribution in [0.1, 0.15) is 40.7 Å². The first-order valence-electron chi connectivity index (χ1n) is 13.8.